The molecule has 0 radical (unpaired) electrons. The van der Waals surface area contributed by atoms with Crippen LogP contribution in [-0.2, 0) is 32.6 Å². The van der Waals surface area contributed by atoms with Crippen LogP contribution in [0.3, 0.4) is 0 Å². The summed E-state index contributed by atoms with van der Waals surface area (Å²) < 4.78 is 14.4. The smallest absolute Gasteiger partial charge is 0.244 e. The number of benzene rings is 2. The normalized spacial score (nSPS) is 24.0. The van der Waals surface area contributed by atoms with Crippen molar-refractivity contribution in [3.05, 3.63) is 82.8 Å². The topological polar surface area (TPSA) is 103 Å². The predicted molar refractivity (Wildman–Crippen MR) is 161 cm³/mol. The van der Waals surface area contributed by atoms with Crippen LogP contribution in [0.25, 0.3) is 0 Å². The molecule has 2 spiro atoms. The molecule has 2 fully saturated rings. The van der Waals surface area contributed by atoms with Crippen LogP contribution < -0.4 is 21.3 Å². The lowest BCUT2D eigenvalue weighted by atomic mass is 9.78. The average Bonchev–Trinajstić information content (AvgIpc) is 3.48. The molecule has 1 saturated heterocycles. The zero-order valence-electron chi connectivity index (χ0n) is 23.2. The summed E-state index contributed by atoms with van der Waals surface area (Å²) in [5, 5.41) is 10.1. The van der Waals surface area contributed by atoms with Crippen LogP contribution >= 0.6 is 9.24 Å². The highest BCUT2D eigenvalue weighted by atomic mass is 31.0. The van der Waals surface area contributed by atoms with Crippen molar-refractivity contribution in [1.29, 1.82) is 0 Å². The lowest BCUT2D eigenvalue weighted by Gasteiger charge is -2.48. The Morgan fingerprint density at radius 3 is 2.69 bits per heavy atom. The fourth-order valence-electron chi connectivity index (χ4n) is 7.45. The summed E-state index contributed by atoms with van der Waals surface area (Å²) in [5.41, 5.74) is 2.88. The highest BCUT2D eigenvalue weighted by Crippen LogP contribution is 2.47. The van der Waals surface area contributed by atoms with E-state index in [-0.39, 0.29) is 30.1 Å². The monoisotopic (exact) mass is 585 g/mol. The molecule has 3 heterocycles. The molecule has 2 aliphatic carbocycles. The molecule has 7 rings (SSSR count). The zero-order chi connectivity index (χ0) is 29.1. The maximum atomic E-state index is 14.4. The summed E-state index contributed by atoms with van der Waals surface area (Å²) in [6.07, 6.45) is 7.22. The molecule has 3 aromatic rings. The van der Waals surface area contributed by atoms with Crippen LogP contribution in [0, 0.1) is 5.82 Å². The number of amides is 3. The van der Waals surface area contributed by atoms with Crippen molar-refractivity contribution >= 4 is 43.8 Å². The summed E-state index contributed by atoms with van der Waals surface area (Å²) in [6.45, 7) is 0.310. The Bertz CT molecular complexity index is 1600. The van der Waals surface area contributed by atoms with Gasteiger partial charge in [-0.1, -0.05) is 31.4 Å². The molecule has 10 heteroatoms. The Morgan fingerprint density at radius 1 is 1.07 bits per heavy atom. The third-order valence-corrected chi connectivity index (χ3v) is 9.83. The average molecular weight is 586 g/mol. The maximum Gasteiger partial charge on any atom is 0.244 e. The molecule has 2 aliphatic heterocycles. The highest BCUT2D eigenvalue weighted by molar-refractivity contribution is 7.27. The van der Waals surface area contributed by atoms with Crippen LogP contribution in [0.2, 0.25) is 0 Å². The van der Waals surface area contributed by atoms with Gasteiger partial charge in [-0.15, -0.1) is 9.24 Å². The van der Waals surface area contributed by atoms with Gasteiger partial charge >= 0.3 is 0 Å². The molecule has 3 unspecified atom stereocenters. The number of carbonyl (C=O) groups excluding carboxylic acids is 3. The Morgan fingerprint density at radius 2 is 1.88 bits per heavy atom. The minimum Gasteiger partial charge on any atom is -0.325 e. The van der Waals surface area contributed by atoms with Gasteiger partial charge in [-0.25, -0.2) is 9.37 Å². The van der Waals surface area contributed by atoms with E-state index in [2.05, 4.69) is 30.2 Å². The first-order valence-corrected chi connectivity index (χ1v) is 15.1. The number of rotatable bonds is 4. The second-order valence-corrected chi connectivity index (χ2v) is 12.8. The minimum atomic E-state index is -0.690. The molecule has 1 aromatic heterocycles. The van der Waals surface area contributed by atoms with Crippen LogP contribution in [0.4, 0.5) is 15.9 Å². The van der Waals surface area contributed by atoms with Crippen LogP contribution in [0.1, 0.15) is 60.4 Å². The molecule has 2 aromatic carbocycles. The third-order valence-electron chi connectivity index (χ3n) is 9.49. The van der Waals surface area contributed by atoms with Gasteiger partial charge in [-0.3, -0.25) is 14.4 Å². The van der Waals surface area contributed by atoms with Crippen LogP contribution in [0.15, 0.2) is 54.7 Å². The number of hydrogen-bond acceptors (Lipinski definition) is 5. The Labute approximate surface area is 246 Å². The molecule has 216 valence electrons. The van der Waals surface area contributed by atoms with Gasteiger partial charge in [0.1, 0.15) is 18.2 Å². The van der Waals surface area contributed by atoms with E-state index >= 15 is 0 Å². The fourth-order valence-corrected chi connectivity index (χ4v) is 7.80. The van der Waals surface area contributed by atoms with E-state index in [1.807, 2.05) is 36.4 Å². The Balaban J connectivity index is 1.12. The molecular weight excluding hydrogens is 552 g/mol. The second-order valence-electron chi connectivity index (χ2n) is 12.1. The molecule has 8 nitrogen and oxygen atoms in total. The van der Waals surface area contributed by atoms with Crippen LogP contribution in [-0.4, -0.2) is 46.2 Å². The second kappa shape index (κ2) is 10.2. The quantitative estimate of drug-likeness (QED) is 0.407. The largest absolute Gasteiger partial charge is 0.325 e. The summed E-state index contributed by atoms with van der Waals surface area (Å²) in [5.74, 6) is -0.230. The summed E-state index contributed by atoms with van der Waals surface area (Å²) in [4.78, 5) is 46.5. The van der Waals surface area contributed by atoms with Crippen molar-refractivity contribution in [2.45, 2.75) is 61.9 Å². The first-order valence-electron chi connectivity index (χ1n) is 14.6. The van der Waals surface area contributed by atoms with Gasteiger partial charge in [0.25, 0.3) is 0 Å². The first-order chi connectivity index (χ1) is 20.3. The molecule has 0 bridgehead atoms. The molecular formula is C32H33FN5O3P. The number of nitrogens with zero attached hydrogens (tertiary/aromatic N) is 2. The van der Waals surface area contributed by atoms with E-state index < -0.39 is 17.0 Å². The van der Waals surface area contributed by atoms with Crippen molar-refractivity contribution < 1.29 is 18.8 Å². The van der Waals surface area contributed by atoms with Crippen molar-refractivity contribution in [2.75, 3.05) is 23.7 Å². The number of piperazine rings is 1. The molecule has 42 heavy (non-hydrogen) atoms. The zero-order valence-corrected chi connectivity index (χ0v) is 24.4. The number of hydrogen-bond donors (Lipinski definition) is 3. The number of pyridine rings is 1. The molecule has 4 aliphatic rings. The van der Waals surface area contributed by atoms with E-state index in [0.717, 1.165) is 48.8 Å². The van der Waals surface area contributed by atoms with Gasteiger partial charge in [0.15, 0.2) is 0 Å². The van der Waals surface area contributed by atoms with Gasteiger partial charge < -0.3 is 20.9 Å². The predicted octanol–water partition coefficient (Wildman–Crippen LogP) is 3.52. The maximum absolute atomic E-state index is 14.4. The van der Waals surface area contributed by atoms with Gasteiger partial charge in [0, 0.05) is 24.0 Å². The minimum absolute atomic E-state index is 0.0520. The highest BCUT2D eigenvalue weighted by Gasteiger charge is 2.51. The van der Waals surface area contributed by atoms with Gasteiger partial charge in [-0.2, -0.15) is 0 Å². The molecule has 3 N–H and O–H groups in total. The van der Waals surface area contributed by atoms with E-state index in [1.54, 1.807) is 11.1 Å². The fraction of sp³-hybridized carbons (Fsp3) is 0.375. The van der Waals surface area contributed by atoms with Crippen molar-refractivity contribution in [2.24, 2.45) is 0 Å². The molecule has 3 atom stereocenters. The molecule has 1 saturated carbocycles. The lowest BCUT2D eigenvalue weighted by Crippen LogP contribution is -2.66. The summed E-state index contributed by atoms with van der Waals surface area (Å²) in [7, 11) is 2.51. The van der Waals surface area contributed by atoms with Gasteiger partial charge in [-0.05, 0) is 84.1 Å². The summed E-state index contributed by atoms with van der Waals surface area (Å²) in [6, 6.07) is 13.8. The number of aromatic nitrogens is 1. The SMILES string of the molecule is O=C(CN1C(=O)C2(CCCCC2)NCC1c1cc(F)cc(P)c1)Nc1ccc2c(c1)CC1(C2)C(=O)Nc2ncccc21. The number of halogens is 1. The van der Waals surface area contributed by atoms with E-state index in [1.165, 1.54) is 12.1 Å². The number of nitrogens with one attached hydrogen (secondary N) is 3. The number of carbonyl (C=O) groups is 3. The van der Waals surface area contributed by atoms with E-state index in [9.17, 15) is 18.8 Å². The van der Waals surface area contributed by atoms with Gasteiger partial charge in [0.05, 0.1) is 17.0 Å². The van der Waals surface area contributed by atoms with Crippen LogP contribution in [0.5, 0.6) is 0 Å². The summed E-state index contributed by atoms with van der Waals surface area (Å²) >= 11 is 0. The van der Waals surface area contributed by atoms with Crippen molar-refractivity contribution in [3.63, 3.8) is 0 Å². The van der Waals surface area contributed by atoms with E-state index in [4.69, 9.17) is 0 Å². The Hall–Kier alpha value is -3.68. The first kappa shape index (κ1) is 27.2. The molecule has 3 amide bonds. The standard InChI is InChI=1S/C32H33FN5O3P/c33-22-11-20(13-24(42)14-22)26-17-35-32(8-2-1-3-9-32)30(41)38(26)18-27(39)36-23-7-6-19-15-31(16-21(19)12-23)25-5-4-10-34-28(25)37-29(31)40/h4-7,10-14,26,35H,1-3,8-9,15-18,42H2,(H,36,39)(H,34,37,40). The van der Waals surface area contributed by atoms with Crippen molar-refractivity contribution in [1.82, 2.24) is 15.2 Å². The van der Waals surface area contributed by atoms with Crippen molar-refractivity contribution in [3.8, 4) is 0 Å². The third kappa shape index (κ3) is 4.50. The van der Waals surface area contributed by atoms with E-state index in [0.29, 0.717) is 41.8 Å². The lowest BCUT2D eigenvalue weighted by molar-refractivity contribution is -0.149. The van der Waals surface area contributed by atoms with Gasteiger partial charge in [0.2, 0.25) is 17.7 Å². The number of anilines is 2. The Kier molecular flexibility index (Phi) is 6.63. The number of fused-ring (bicyclic) bond motifs is 3.